The molecule has 1 aliphatic rings. The van der Waals surface area contributed by atoms with Gasteiger partial charge < -0.3 is 20.6 Å². The summed E-state index contributed by atoms with van der Waals surface area (Å²) in [7, 11) is 4.16. The third-order valence-corrected chi connectivity index (χ3v) is 4.32. The van der Waals surface area contributed by atoms with Crippen molar-refractivity contribution in [3.8, 4) is 0 Å². The predicted octanol–water partition coefficient (Wildman–Crippen LogP) is 2.72. The minimum absolute atomic E-state index is 0. The largest absolute Gasteiger partial charge is 0.393 e. The fourth-order valence-electron chi connectivity index (χ4n) is 3.02. The first-order valence-electron chi connectivity index (χ1n) is 9.02. The van der Waals surface area contributed by atoms with Crippen molar-refractivity contribution in [3.63, 3.8) is 0 Å². The molecule has 0 aliphatic heterocycles. The Morgan fingerprint density at radius 1 is 1.12 bits per heavy atom. The number of nitrogens with one attached hydrogen (secondary N) is 2. The van der Waals surface area contributed by atoms with E-state index in [1.165, 1.54) is 11.1 Å². The van der Waals surface area contributed by atoms with Gasteiger partial charge in [-0.1, -0.05) is 24.3 Å². The number of nitrogens with zero attached hydrogens (tertiary/aromatic N) is 2. The molecule has 0 bridgehead atoms. The third-order valence-electron chi connectivity index (χ3n) is 4.32. The van der Waals surface area contributed by atoms with Crippen LogP contribution in [0.4, 0.5) is 0 Å². The molecule has 0 radical (unpaired) electrons. The highest BCUT2D eigenvalue weighted by Gasteiger charge is 2.19. The molecule has 0 heterocycles. The lowest BCUT2D eigenvalue weighted by Gasteiger charge is -2.27. The number of aliphatic hydroxyl groups is 1. The second kappa shape index (κ2) is 11.7. The maximum absolute atomic E-state index is 9.62. The fourth-order valence-corrected chi connectivity index (χ4v) is 3.02. The van der Waals surface area contributed by atoms with Crippen LogP contribution in [0.2, 0.25) is 0 Å². The van der Waals surface area contributed by atoms with Crippen molar-refractivity contribution >= 4 is 29.9 Å². The molecule has 1 aromatic carbocycles. The summed E-state index contributed by atoms with van der Waals surface area (Å²) in [5.74, 6) is 0.872. The summed E-state index contributed by atoms with van der Waals surface area (Å²) in [6, 6.07) is 9.07. The van der Waals surface area contributed by atoms with Gasteiger partial charge in [-0.2, -0.15) is 0 Å². The first kappa shape index (κ1) is 22.2. The number of aliphatic hydroxyl groups excluding tert-OH is 1. The first-order valence-corrected chi connectivity index (χ1v) is 9.02. The molecule has 25 heavy (non-hydrogen) atoms. The molecule has 0 aromatic heterocycles. The molecule has 3 N–H and O–H groups in total. The number of hydrogen-bond donors (Lipinski definition) is 3. The molecular formula is C19H33IN4O. The quantitative estimate of drug-likeness (QED) is 0.347. The molecule has 5 nitrogen and oxygen atoms in total. The van der Waals surface area contributed by atoms with E-state index in [0.717, 1.165) is 44.7 Å². The van der Waals surface area contributed by atoms with Gasteiger partial charge in [0.15, 0.2) is 5.96 Å². The molecule has 0 atom stereocenters. The summed E-state index contributed by atoms with van der Waals surface area (Å²) in [6.45, 7) is 4.56. The van der Waals surface area contributed by atoms with Gasteiger partial charge in [0.05, 0.1) is 12.6 Å². The number of halogens is 1. The van der Waals surface area contributed by atoms with Crippen molar-refractivity contribution in [1.29, 1.82) is 0 Å². The molecule has 1 aromatic rings. The number of aliphatic imine (C=N–C) groups is 1. The third kappa shape index (κ3) is 8.37. The van der Waals surface area contributed by atoms with E-state index in [1.807, 2.05) is 0 Å². The molecule has 6 heteroatoms. The maximum atomic E-state index is 9.62. The molecular weight excluding hydrogens is 427 g/mol. The minimum Gasteiger partial charge on any atom is -0.393 e. The zero-order valence-electron chi connectivity index (χ0n) is 15.7. The van der Waals surface area contributed by atoms with E-state index in [1.54, 1.807) is 0 Å². The van der Waals surface area contributed by atoms with Crippen LogP contribution < -0.4 is 10.6 Å². The van der Waals surface area contributed by atoms with Crippen molar-refractivity contribution < 1.29 is 5.11 Å². The minimum atomic E-state index is -0.122. The van der Waals surface area contributed by atoms with Crippen molar-refractivity contribution in [3.05, 3.63) is 35.4 Å². The van der Waals surface area contributed by atoms with E-state index in [0.29, 0.717) is 12.6 Å². The van der Waals surface area contributed by atoms with Gasteiger partial charge in [0.1, 0.15) is 0 Å². The van der Waals surface area contributed by atoms with Crippen molar-refractivity contribution in [1.82, 2.24) is 15.5 Å². The van der Waals surface area contributed by atoms with Crippen LogP contribution >= 0.6 is 24.0 Å². The number of benzene rings is 1. The van der Waals surface area contributed by atoms with Gasteiger partial charge in [-0.05, 0) is 57.8 Å². The van der Waals surface area contributed by atoms with Crippen LogP contribution in [-0.2, 0) is 13.1 Å². The van der Waals surface area contributed by atoms with E-state index >= 15 is 0 Å². The molecule has 0 amide bonds. The molecule has 0 spiro atoms. The van der Waals surface area contributed by atoms with Crippen LogP contribution in [0.3, 0.4) is 0 Å². The molecule has 142 valence electrons. The Balaban J connectivity index is 0.00000312. The summed E-state index contributed by atoms with van der Waals surface area (Å²) < 4.78 is 0. The molecule has 1 fully saturated rings. The van der Waals surface area contributed by atoms with Crippen LogP contribution in [0, 0.1) is 0 Å². The van der Waals surface area contributed by atoms with Crippen molar-refractivity contribution in [2.75, 3.05) is 20.6 Å². The van der Waals surface area contributed by atoms with Gasteiger partial charge in [-0.3, -0.25) is 0 Å². The highest BCUT2D eigenvalue weighted by atomic mass is 127. The zero-order chi connectivity index (χ0) is 17.4. The lowest BCUT2D eigenvalue weighted by molar-refractivity contribution is 0.120. The van der Waals surface area contributed by atoms with Crippen LogP contribution in [0.25, 0.3) is 0 Å². The van der Waals surface area contributed by atoms with E-state index in [2.05, 4.69) is 60.8 Å². The summed E-state index contributed by atoms with van der Waals surface area (Å²) >= 11 is 0. The van der Waals surface area contributed by atoms with Crippen LogP contribution in [-0.4, -0.2) is 48.8 Å². The monoisotopic (exact) mass is 460 g/mol. The molecule has 2 rings (SSSR count). The van der Waals surface area contributed by atoms with E-state index in [-0.39, 0.29) is 30.1 Å². The SMILES string of the molecule is CCNC(=NCc1ccc(CN(C)C)cc1)NC1CCC(O)CC1.I. The normalized spacial score (nSPS) is 20.9. The van der Waals surface area contributed by atoms with Crippen LogP contribution in [0.15, 0.2) is 29.3 Å². The highest BCUT2D eigenvalue weighted by Crippen LogP contribution is 2.18. The van der Waals surface area contributed by atoms with Gasteiger partial charge in [0.2, 0.25) is 0 Å². The topological polar surface area (TPSA) is 59.9 Å². The molecule has 0 unspecified atom stereocenters. The fraction of sp³-hybridized carbons (Fsp3) is 0.632. The van der Waals surface area contributed by atoms with Gasteiger partial charge in [-0.25, -0.2) is 4.99 Å². The average molecular weight is 460 g/mol. The zero-order valence-corrected chi connectivity index (χ0v) is 18.0. The van der Waals surface area contributed by atoms with Gasteiger partial charge in [0, 0.05) is 19.1 Å². The van der Waals surface area contributed by atoms with Gasteiger partial charge in [-0.15, -0.1) is 24.0 Å². The van der Waals surface area contributed by atoms with Crippen LogP contribution in [0.1, 0.15) is 43.7 Å². The first-order chi connectivity index (χ1) is 11.6. The Labute approximate surface area is 169 Å². The lowest BCUT2D eigenvalue weighted by atomic mass is 9.93. The Morgan fingerprint density at radius 3 is 2.28 bits per heavy atom. The smallest absolute Gasteiger partial charge is 0.191 e. The maximum Gasteiger partial charge on any atom is 0.191 e. The lowest BCUT2D eigenvalue weighted by Crippen LogP contribution is -2.45. The van der Waals surface area contributed by atoms with E-state index < -0.39 is 0 Å². The predicted molar refractivity (Wildman–Crippen MR) is 115 cm³/mol. The number of hydrogen-bond acceptors (Lipinski definition) is 3. The Morgan fingerprint density at radius 2 is 1.72 bits per heavy atom. The summed E-state index contributed by atoms with van der Waals surface area (Å²) in [5, 5.41) is 16.4. The number of rotatable bonds is 6. The average Bonchev–Trinajstić information content (AvgIpc) is 2.56. The molecule has 0 saturated heterocycles. The second-order valence-electron chi connectivity index (χ2n) is 6.90. The van der Waals surface area contributed by atoms with Gasteiger partial charge >= 0.3 is 0 Å². The molecule has 1 saturated carbocycles. The second-order valence-corrected chi connectivity index (χ2v) is 6.90. The van der Waals surface area contributed by atoms with E-state index in [9.17, 15) is 5.11 Å². The van der Waals surface area contributed by atoms with Gasteiger partial charge in [0.25, 0.3) is 0 Å². The van der Waals surface area contributed by atoms with Crippen molar-refractivity contribution in [2.45, 2.75) is 57.8 Å². The summed E-state index contributed by atoms with van der Waals surface area (Å²) in [4.78, 5) is 6.88. The Hall–Kier alpha value is -0.860. The standard InChI is InChI=1S/C19H32N4O.HI/c1-4-20-19(22-17-9-11-18(24)12-10-17)21-13-15-5-7-16(8-6-15)14-23(2)3;/h5-8,17-18,24H,4,9-14H2,1-3H3,(H2,20,21,22);1H. The summed E-state index contributed by atoms with van der Waals surface area (Å²) in [6.07, 6.45) is 3.65. The van der Waals surface area contributed by atoms with Crippen LogP contribution in [0.5, 0.6) is 0 Å². The highest BCUT2D eigenvalue weighted by molar-refractivity contribution is 14.0. The van der Waals surface area contributed by atoms with Crippen molar-refractivity contribution in [2.24, 2.45) is 4.99 Å². The van der Waals surface area contributed by atoms with E-state index in [4.69, 9.17) is 4.99 Å². The Kier molecular flexibility index (Phi) is 10.4. The molecule has 1 aliphatic carbocycles. The number of guanidine groups is 1. The summed E-state index contributed by atoms with van der Waals surface area (Å²) in [5.41, 5.74) is 2.53. The Bertz CT molecular complexity index is 511.